The van der Waals surface area contributed by atoms with Crippen molar-refractivity contribution in [3.8, 4) is 10.4 Å². The van der Waals surface area contributed by atoms with E-state index in [4.69, 9.17) is 9.72 Å². The van der Waals surface area contributed by atoms with Gasteiger partial charge in [0.2, 0.25) is 0 Å². The summed E-state index contributed by atoms with van der Waals surface area (Å²) in [4.78, 5) is 18.8. The second-order valence-electron chi connectivity index (χ2n) is 10.3. The van der Waals surface area contributed by atoms with Crippen LogP contribution in [-0.2, 0) is 16.1 Å². The van der Waals surface area contributed by atoms with Crippen LogP contribution in [0.5, 0.6) is 0 Å². The molecule has 4 rings (SSSR count). The molecule has 8 nitrogen and oxygen atoms in total. The average Bonchev–Trinajstić information content (AvgIpc) is 3.48. The van der Waals surface area contributed by atoms with Crippen molar-refractivity contribution in [1.29, 1.82) is 0 Å². The molecule has 1 aliphatic heterocycles. The molecule has 1 amide bonds. The lowest BCUT2D eigenvalue weighted by atomic mass is 9.90. The summed E-state index contributed by atoms with van der Waals surface area (Å²) in [6, 6.07) is 5.52. The number of benzene rings is 1. The van der Waals surface area contributed by atoms with E-state index in [1.807, 2.05) is 46.1 Å². The van der Waals surface area contributed by atoms with Crippen LogP contribution in [0.1, 0.15) is 70.2 Å². The first-order valence-corrected chi connectivity index (χ1v) is 15.5. The van der Waals surface area contributed by atoms with E-state index < -0.39 is 17.5 Å². The van der Waals surface area contributed by atoms with Crippen LogP contribution in [0.2, 0.25) is 0 Å². The first-order chi connectivity index (χ1) is 17.2. The van der Waals surface area contributed by atoms with Gasteiger partial charge in [-0.2, -0.15) is 4.41 Å². The van der Waals surface area contributed by atoms with Gasteiger partial charge in [-0.25, -0.2) is 14.8 Å². The fourth-order valence-electron chi connectivity index (χ4n) is 4.42. The zero-order valence-electron chi connectivity index (χ0n) is 21.5. The van der Waals surface area contributed by atoms with E-state index in [1.165, 1.54) is 44.1 Å². The Hall–Kier alpha value is -1.34. The summed E-state index contributed by atoms with van der Waals surface area (Å²) in [6.07, 6.45) is 8.67. The largest absolute Gasteiger partial charge is 0.593 e. The molecule has 2 N–H and O–H groups in total. The Kier molecular flexibility index (Phi) is 9.59. The minimum atomic E-state index is -1.48. The Labute approximate surface area is 226 Å². The molecule has 198 valence electrons. The van der Waals surface area contributed by atoms with Crippen molar-refractivity contribution in [1.82, 2.24) is 19.1 Å². The standard InChI is InChI=1S/C25H37N5O3S3/c1-25(2,3)28-36(32)22-15-19(27-24(31)33-17-34-30-14-8-13-29(30)4)11-12-20(22)21-16-26-23(35-21)18-9-6-5-7-10-18/h11-12,15-16,18,28H,5-10,13-14,17H2,1-4H3,(H,27,31). The molecule has 11 heteroatoms. The minimum absolute atomic E-state index is 0.226. The van der Waals surface area contributed by atoms with Gasteiger partial charge in [0.15, 0.2) is 10.8 Å². The highest BCUT2D eigenvalue weighted by Gasteiger charge is 2.27. The molecule has 1 aliphatic carbocycles. The summed E-state index contributed by atoms with van der Waals surface area (Å²) in [5.74, 6) is 0.747. The molecule has 0 bridgehead atoms. The van der Waals surface area contributed by atoms with Gasteiger partial charge in [0.05, 0.1) is 32.3 Å². The number of carbonyl (C=O) groups excluding carboxylic acids is 1. The van der Waals surface area contributed by atoms with Gasteiger partial charge in [-0.3, -0.25) is 5.32 Å². The number of amides is 1. The first-order valence-electron chi connectivity index (χ1n) is 12.5. The van der Waals surface area contributed by atoms with Crippen LogP contribution in [0.4, 0.5) is 10.5 Å². The Bertz CT molecular complexity index is 1020. The highest BCUT2D eigenvalue weighted by Crippen LogP contribution is 2.39. The zero-order chi connectivity index (χ0) is 25.7. The average molecular weight is 552 g/mol. The fourth-order valence-corrected chi connectivity index (χ4v) is 7.70. The molecule has 1 unspecified atom stereocenters. The summed E-state index contributed by atoms with van der Waals surface area (Å²) in [5.41, 5.74) is 1.07. The Balaban J connectivity index is 1.48. The molecule has 1 aromatic carbocycles. The van der Waals surface area contributed by atoms with E-state index in [2.05, 4.69) is 19.5 Å². The molecule has 0 radical (unpaired) electrons. The lowest BCUT2D eigenvalue weighted by molar-refractivity contribution is 0.163. The normalized spacial score (nSPS) is 18.9. The Morgan fingerprint density at radius 3 is 2.72 bits per heavy atom. The van der Waals surface area contributed by atoms with Crippen molar-refractivity contribution in [2.24, 2.45) is 0 Å². The van der Waals surface area contributed by atoms with E-state index in [-0.39, 0.29) is 11.5 Å². The summed E-state index contributed by atoms with van der Waals surface area (Å²) < 4.78 is 24.0. The van der Waals surface area contributed by atoms with Crippen LogP contribution in [0.15, 0.2) is 29.3 Å². The molecule has 1 atom stereocenters. The highest BCUT2D eigenvalue weighted by atomic mass is 32.2. The molecule has 2 fully saturated rings. The fraction of sp³-hybridized carbons (Fsp3) is 0.600. The molecule has 2 aliphatic rings. The molecule has 2 heterocycles. The number of hydrogen-bond acceptors (Lipinski definition) is 9. The van der Waals surface area contributed by atoms with Gasteiger partial charge in [0, 0.05) is 44.0 Å². The van der Waals surface area contributed by atoms with Gasteiger partial charge in [-0.1, -0.05) is 19.3 Å². The highest BCUT2D eigenvalue weighted by molar-refractivity contribution is 7.96. The number of rotatable bonds is 8. The predicted molar refractivity (Wildman–Crippen MR) is 149 cm³/mol. The van der Waals surface area contributed by atoms with Crippen LogP contribution >= 0.6 is 23.3 Å². The number of aromatic nitrogens is 1. The maximum absolute atomic E-state index is 13.4. The molecular formula is C25H37N5O3S3. The monoisotopic (exact) mass is 551 g/mol. The minimum Gasteiger partial charge on any atom is -0.593 e. The number of hydrogen-bond donors (Lipinski definition) is 2. The predicted octanol–water partition coefficient (Wildman–Crippen LogP) is 5.98. The van der Waals surface area contributed by atoms with E-state index >= 15 is 0 Å². The van der Waals surface area contributed by atoms with E-state index in [9.17, 15) is 9.35 Å². The van der Waals surface area contributed by atoms with E-state index in [0.29, 0.717) is 16.5 Å². The molecule has 1 saturated carbocycles. The summed E-state index contributed by atoms with van der Waals surface area (Å²) >= 11 is 1.68. The second-order valence-corrected chi connectivity index (χ2v) is 13.5. The van der Waals surface area contributed by atoms with Crippen molar-refractivity contribution in [3.05, 3.63) is 29.4 Å². The number of ether oxygens (including phenoxy) is 1. The second kappa shape index (κ2) is 12.5. The van der Waals surface area contributed by atoms with Gasteiger partial charge in [0.25, 0.3) is 0 Å². The van der Waals surface area contributed by atoms with Gasteiger partial charge in [0.1, 0.15) is 0 Å². The van der Waals surface area contributed by atoms with Crippen LogP contribution in [0.25, 0.3) is 10.4 Å². The molecule has 0 spiro atoms. The number of thiazole rings is 1. The smallest absolute Gasteiger partial charge is 0.412 e. The van der Waals surface area contributed by atoms with Crippen LogP contribution in [0, 0.1) is 0 Å². The molecule has 1 saturated heterocycles. The summed E-state index contributed by atoms with van der Waals surface area (Å²) in [7, 11) is 2.02. The van der Waals surface area contributed by atoms with E-state index in [1.54, 1.807) is 17.4 Å². The molecule has 2 aromatic rings. The SMILES string of the molecule is CN1CCCN1SCOC(=O)Nc1ccc(-c2cnc(C3CCCCC3)s2)c([S+]([O-])NC(C)(C)C)c1. The third-order valence-corrected chi connectivity index (χ3v) is 9.88. The van der Waals surface area contributed by atoms with E-state index in [0.717, 1.165) is 35.0 Å². The van der Waals surface area contributed by atoms with Crippen molar-refractivity contribution in [2.75, 3.05) is 31.4 Å². The van der Waals surface area contributed by atoms with Gasteiger partial charge in [-0.05, 0) is 64.1 Å². The summed E-state index contributed by atoms with van der Waals surface area (Å²) in [5, 5.41) is 6.07. The maximum atomic E-state index is 13.4. The van der Waals surface area contributed by atoms with Gasteiger partial charge >= 0.3 is 6.09 Å². The first kappa shape index (κ1) is 27.7. The van der Waals surface area contributed by atoms with Crippen LogP contribution in [0.3, 0.4) is 0 Å². The van der Waals surface area contributed by atoms with Crippen LogP contribution in [-0.4, -0.2) is 56.7 Å². The summed E-state index contributed by atoms with van der Waals surface area (Å²) in [6.45, 7) is 7.90. The third-order valence-electron chi connectivity index (χ3n) is 6.17. The number of nitrogens with zero attached hydrogens (tertiary/aromatic N) is 3. The Morgan fingerprint density at radius 2 is 2.03 bits per heavy atom. The third kappa shape index (κ3) is 7.59. The Morgan fingerprint density at radius 1 is 1.25 bits per heavy atom. The maximum Gasteiger partial charge on any atom is 0.412 e. The zero-order valence-corrected chi connectivity index (χ0v) is 24.0. The van der Waals surface area contributed by atoms with Crippen LogP contribution < -0.4 is 10.0 Å². The molecular weight excluding hydrogens is 515 g/mol. The number of hydrazine groups is 1. The molecule has 1 aromatic heterocycles. The number of nitrogens with one attached hydrogen (secondary N) is 2. The number of carbonyl (C=O) groups is 1. The van der Waals surface area contributed by atoms with Gasteiger partial charge < -0.3 is 9.29 Å². The molecule has 36 heavy (non-hydrogen) atoms. The topological polar surface area (TPSA) is 92.8 Å². The lowest BCUT2D eigenvalue weighted by Gasteiger charge is -2.23. The quantitative estimate of drug-likeness (QED) is 0.235. The lowest BCUT2D eigenvalue weighted by Crippen LogP contribution is -2.40. The van der Waals surface area contributed by atoms with Crippen molar-refractivity contribution in [2.45, 2.75) is 75.6 Å². The van der Waals surface area contributed by atoms with Crippen molar-refractivity contribution >= 4 is 46.4 Å². The van der Waals surface area contributed by atoms with Crippen molar-refractivity contribution < 1.29 is 14.1 Å². The number of anilines is 1. The van der Waals surface area contributed by atoms with Gasteiger partial charge in [-0.15, -0.1) is 16.1 Å². The van der Waals surface area contributed by atoms with Crippen molar-refractivity contribution in [3.63, 3.8) is 0 Å².